The Balaban J connectivity index is 2.95. The molecule has 10 heavy (non-hydrogen) atoms. The van der Waals surface area contributed by atoms with Crippen LogP contribution >= 0.6 is 12.2 Å². The van der Waals surface area contributed by atoms with Crippen molar-refractivity contribution < 1.29 is 0 Å². The highest BCUT2D eigenvalue weighted by atomic mass is 32.1. The number of benzene rings is 1. The fourth-order valence-electron chi connectivity index (χ4n) is 0.633. The van der Waals surface area contributed by atoms with Gasteiger partial charge in [-0.15, -0.1) is 4.91 Å². The highest BCUT2D eigenvalue weighted by molar-refractivity contribution is 7.80. The Kier molecular flexibility index (Phi) is 2.23. The third kappa shape index (κ3) is 1.45. The summed E-state index contributed by atoms with van der Waals surface area (Å²) in [6, 6.07) is 8.99. The molecule has 50 valence electrons. The molecule has 3 heteroatoms. The van der Waals surface area contributed by atoms with Gasteiger partial charge in [-0.2, -0.15) is 0 Å². The van der Waals surface area contributed by atoms with Crippen LogP contribution in [0, 0.1) is 4.91 Å². The Morgan fingerprint density at radius 1 is 1.30 bits per heavy atom. The van der Waals surface area contributed by atoms with E-state index in [4.69, 9.17) is 0 Å². The van der Waals surface area contributed by atoms with Crippen molar-refractivity contribution in [1.82, 2.24) is 0 Å². The van der Waals surface area contributed by atoms with Gasteiger partial charge in [0.15, 0.2) is 4.99 Å². The van der Waals surface area contributed by atoms with Crippen LogP contribution in [0.2, 0.25) is 0 Å². The number of nitrogens with zero attached hydrogens (tertiary/aromatic N) is 1. The Labute approximate surface area is 63.8 Å². The van der Waals surface area contributed by atoms with Gasteiger partial charge in [0.25, 0.3) is 0 Å². The first-order valence-corrected chi connectivity index (χ1v) is 3.18. The molecule has 0 heterocycles. The van der Waals surface area contributed by atoms with Crippen LogP contribution < -0.4 is 0 Å². The average molecular weight is 151 g/mol. The van der Waals surface area contributed by atoms with E-state index in [-0.39, 0.29) is 4.99 Å². The minimum atomic E-state index is 0.112. The highest BCUT2D eigenvalue weighted by Gasteiger charge is 1.96. The Morgan fingerprint density at radius 2 is 1.90 bits per heavy atom. The standard InChI is InChI=1S/C7H5NOS/c9-8-7(10)6-4-2-1-3-5-6/h1-5H. The molecule has 0 unspecified atom stereocenters. The molecule has 1 rings (SSSR count). The Hall–Kier alpha value is -1.09. The normalized spacial score (nSPS) is 8.80. The minimum Gasteiger partial charge on any atom is -0.144 e. The molecular weight excluding hydrogens is 146 g/mol. The van der Waals surface area contributed by atoms with E-state index in [0.29, 0.717) is 5.56 Å². The minimum absolute atomic E-state index is 0.112. The van der Waals surface area contributed by atoms with Gasteiger partial charge in [0.05, 0.1) is 0 Å². The summed E-state index contributed by atoms with van der Waals surface area (Å²) >= 11 is 4.64. The van der Waals surface area contributed by atoms with E-state index in [2.05, 4.69) is 17.4 Å². The van der Waals surface area contributed by atoms with E-state index >= 15 is 0 Å². The van der Waals surface area contributed by atoms with E-state index in [0.717, 1.165) is 0 Å². The summed E-state index contributed by atoms with van der Waals surface area (Å²) in [7, 11) is 0. The van der Waals surface area contributed by atoms with Crippen molar-refractivity contribution in [3.63, 3.8) is 0 Å². The average Bonchev–Trinajstić information content (AvgIpc) is 2.05. The van der Waals surface area contributed by atoms with E-state index in [1.165, 1.54) is 0 Å². The van der Waals surface area contributed by atoms with Gasteiger partial charge in [0.1, 0.15) is 0 Å². The summed E-state index contributed by atoms with van der Waals surface area (Å²) in [4.78, 5) is 10.0. The molecule has 1 aromatic carbocycles. The van der Waals surface area contributed by atoms with Crippen LogP contribution in [0.15, 0.2) is 35.5 Å². The lowest BCUT2D eigenvalue weighted by molar-refractivity contribution is 1.60. The first kappa shape index (κ1) is 7.02. The summed E-state index contributed by atoms with van der Waals surface area (Å²) in [5, 5.41) is 2.64. The molecule has 0 aliphatic heterocycles. The molecule has 0 aliphatic carbocycles. The Bertz CT molecular complexity index is 245. The largest absolute Gasteiger partial charge is 0.177 e. The number of hydrogen-bond acceptors (Lipinski definition) is 2. The molecule has 0 aromatic heterocycles. The van der Waals surface area contributed by atoms with Gasteiger partial charge in [-0.05, 0) is 5.18 Å². The molecule has 1 aromatic rings. The van der Waals surface area contributed by atoms with Crippen LogP contribution in [0.3, 0.4) is 0 Å². The van der Waals surface area contributed by atoms with Crippen molar-refractivity contribution in [2.24, 2.45) is 5.18 Å². The molecule has 0 radical (unpaired) electrons. The van der Waals surface area contributed by atoms with Gasteiger partial charge in [-0.3, -0.25) is 0 Å². The summed E-state index contributed by atoms with van der Waals surface area (Å²) in [5.74, 6) is 0. The van der Waals surface area contributed by atoms with Crippen LogP contribution in [0.5, 0.6) is 0 Å². The second kappa shape index (κ2) is 3.17. The topological polar surface area (TPSA) is 29.4 Å². The second-order valence-corrected chi connectivity index (χ2v) is 2.15. The van der Waals surface area contributed by atoms with Crippen molar-refractivity contribution in [1.29, 1.82) is 0 Å². The van der Waals surface area contributed by atoms with Crippen molar-refractivity contribution in [3.8, 4) is 0 Å². The predicted octanol–water partition coefficient (Wildman–Crippen LogP) is 2.13. The van der Waals surface area contributed by atoms with E-state index in [1.54, 1.807) is 12.1 Å². The lowest BCUT2D eigenvalue weighted by Crippen LogP contribution is -1.88. The van der Waals surface area contributed by atoms with Crippen LogP contribution in [0.4, 0.5) is 0 Å². The molecule has 0 N–H and O–H groups in total. The van der Waals surface area contributed by atoms with Crippen LogP contribution in [-0.2, 0) is 0 Å². The fourth-order valence-corrected chi connectivity index (χ4v) is 0.770. The number of nitroso groups, excluding NO2 is 1. The molecule has 0 amide bonds. The second-order valence-electron chi connectivity index (χ2n) is 1.76. The zero-order valence-corrected chi connectivity index (χ0v) is 5.97. The SMILES string of the molecule is O=NC(=S)c1ccccc1. The van der Waals surface area contributed by atoms with Gasteiger partial charge in [-0.25, -0.2) is 0 Å². The smallest absolute Gasteiger partial charge is 0.144 e. The zero-order valence-electron chi connectivity index (χ0n) is 5.15. The molecule has 2 nitrogen and oxygen atoms in total. The Morgan fingerprint density at radius 3 is 2.40 bits per heavy atom. The number of thiocarbonyl (C=S) groups is 1. The van der Waals surface area contributed by atoms with Crippen molar-refractivity contribution in [2.75, 3.05) is 0 Å². The van der Waals surface area contributed by atoms with Crippen LogP contribution in [0.25, 0.3) is 0 Å². The van der Waals surface area contributed by atoms with Crippen molar-refractivity contribution in [2.45, 2.75) is 0 Å². The lowest BCUT2D eigenvalue weighted by atomic mass is 10.2. The zero-order chi connectivity index (χ0) is 7.40. The summed E-state index contributed by atoms with van der Waals surface area (Å²) in [5.41, 5.74) is 0.701. The number of rotatable bonds is 1. The van der Waals surface area contributed by atoms with Crippen molar-refractivity contribution >= 4 is 17.2 Å². The molecular formula is C7H5NOS. The third-order valence-corrected chi connectivity index (χ3v) is 1.41. The third-order valence-electron chi connectivity index (χ3n) is 1.10. The first-order chi connectivity index (χ1) is 4.84. The quantitative estimate of drug-likeness (QED) is 0.454. The number of hydrogen-bond donors (Lipinski definition) is 0. The molecule has 0 spiro atoms. The summed E-state index contributed by atoms with van der Waals surface area (Å²) in [6.45, 7) is 0. The highest BCUT2D eigenvalue weighted by Crippen LogP contribution is 2.00. The van der Waals surface area contributed by atoms with E-state index in [1.807, 2.05) is 18.2 Å². The van der Waals surface area contributed by atoms with Gasteiger partial charge in [0.2, 0.25) is 0 Å². The molecule has 0 aliphatic rings. The van der Waals surface area contributed by atoms with E-state index < -0.39 is 0 Å². The molecule has 0 saturated heterocycles. The molecule has 0 atom stereocenters. The maximum absolute atomic E-state index is 9.91. The van der Waals surface area contributed by atoms with Crippen LogP contribution in [0.1, 0.15) is 5.56 Å². The summed E-state index contributed by atoms with van der Waals surface area (Å²) in [6.07, 6.45) is 0. The summed E-state index contributed by atoms with van der Waals surface area (Å²) < 4.78 is 0. The first-order valence-electron chi connectivity index (χ1n) is 2.77. The van der Waals surface area contributed by atoms with Crippen molar-refractivity contribution in [3.05, 3.63) is 40.8 Å². The van der Waals surface area contributed by atoms with Gasteiger partial charge in [0, 0.05) is 5.56 Å². The van der Waals surface area contributed by atoms with Gasteiger partial charge in [-0.1, -0.05) is 42.5 Å². The lowest BCUT2D eigenvalue weighted by Gasteiger charge is -1.90. The molecule has 0 fully saturated rings. The van der Waals surface area contributed by atoms with E-state index in [9.17, 15) is 4.91 Å². The monoisotopic (exact) mass is 151 g/mol. The van der Waals surface area contributed by atoms with Gasteiger partial charge < -0.3 is 0 Å². The maximum atomic E-state index is 9.91. The van der Waals surface area contributed by atoms with Gasteiger partial charge >= 0.3 is 0 Å². The fraction of sp³-hybridized carbons (Fsp3) is 0. The maximum Gasteiger partial charge on any atom is 0.177 e. The predicted molar refractivity (Wildman–Crippen MR) is 43.9 cm³/mol. The molecule has 0 bridgehead atoms. The van der Waals surface area contributed by atoms with Crippen LogP contribution in [-0.4, -0.2) is 4.99 Å². The molecule has 0 saturated carbocycles.